The SMILES string of the molecule is Cc1ccc2oc(C(=O)N(Cc3ccc(C4CC4C)o3)C3CCS(=O)(=O)C3)c(C)c2c1. The molecular formula is C24H27NO5S. The van der Waals surface area contributed by atoms with Gasteiger partial charge in [-0.3, -0.25) is 4.79 Å². The molecule has 2 aromatic heterocycles. The highest BCUT2D eigenvalue weighted by Crippen LogP contribution is 2.47. The van der Waals surface area contributed by atoms with Crippen molar-refractivity contribution in [3.05, 3.63) is 58.7 Å². The molecule has 3 unspecified atom stereocenters. The van der Waals surface area contributed by atoms with Crippen LogP contribution in [0.2, 0.25) is 0 Å². The van der Waals surface area contributed by atoms with Crippen LogP contribution in [0.15, 0.2) is 39.2 Å². The monoisotopic (exact) mass is 441 g/mol. The molecule has 1 aromatic carbocycles. The lowest BCUT2D eigenvalue weighted by molar-refractivity contribution is 0.0634. The molecule has 0 bridgehead atoms. The average Bonchev–Trinajstić information content (AvgIpc) is 3.06. The van der Waals surface area contributed by atoms with Gasteiger partial charge in [0.25, 0.3) is 5.91 Å². The van der Waals surface area contributed by atoms with Crippen LogP contribution in [0.5, 0.6) is 0 Å². The molecule has 0 spiro atoms. The quantitative estimate of drug-likeness (QED) is 0.578. The van der Waals surface area contributed by atoms with E-state index in [2.05, 4.69) is 6.92 Å². The van der Waals surface area contributed by atoms with E-state index in [0.717, 1.165) is 28.7 Å². The predicted octanol–water partition coefficient (Wildman–Crippen LogP) is 4.60. The number of amides is 1. The van der Waals surface area contributed by atoms with Gasteiger partial charge in [0, 0.05) is 22.9 Å². The van der Waals surface area contributed by atoms with Crippen molar-refractivity contribution in [2.24, 2.45) is 5.92 Å². The number of carbonyl (C=O) groups is 1. The standard InChI is InChI=1S/C24H27NO5S/c1-14-4-6-22-20(10-14)16(3)23(30-22)24(26)25(17-8-9-31(27,28)13-17)12-18-5-7-21(29-18)19-11-15(19)2/h4-7,10,15,17,19H,8-9,11-13H2,1-3H3. The Labute approximate surface area is 182 Å². The van der Waals surface area contributed by atoms with E-state index in [-0.39, 0.29) is 35.8 Å². The third-order valence-electron chi connectivity index (χ3n) is 6.68. The fraction of sp³-hybridized carbons (Fsp3) is 0.458. The molecular weight excluding hydrogens is 414 g/mol. The van der Waals surface area contributed by atoms with Gasteiger partial charge in [0.15, 0.2) is 15.6 Å². The third kappa shape index (κ3) is 3.80. The summed E-state index contributed by atoms with van der Waals surface area (Å²) in [6.45, 7) is 6.30. The normalized spacial score (nSPS) is 24.5. The zero-order chi connectivity index (χ0) is 21.9. The number of benzene rings is 1. The summed E-state index contributed by atoms with van der Waals surface area (Å²) in [4.78, 5) is 15.2. The highest BCUT2D eigenvalue weighted by molar-refractivity contribution is 7.91. The van der Waals surface area contributed by atoms with Crippen LogP contribution in [-0.2, 0) is 16.4 Å². The molecule has 3 aromatic rings. The number of carbonyl (C=O) groups excluding carboxylic acids is 1. The number of hydrogen-bond donors (Lipinski definition) is 0. The minimum Gasteiger partial charge on any atom is -0.464 e. The van der Waals surface area contributed by atoms with Crippen molar-refractivity contribution in [2.45, 2.75) is 52.1 Å². The van der Waals surface area contributed by atoms with Crippen LogP contribution in [0, 0.1) is 19.8 Å². The van der Waals surface area contributed by atoms with Crippen LogP contribution >= 0.6 is 0 Å². The first-order valence-corrected chi connectivity index (χ1v) is 12.6. The van der Waals surface area contributed by atoms with Gasteiger partial charge in [-0.05, 0) is 56.9 Å². The number of fused-ring (bicyclic) bond motifs is 1. The maximum Gasteiger partial charge on any atom is 0.290 e. The van der Waals surface area contributed by atoms with Gasteiger partial charge in [0.05, 0.1) is 18.1 Å². The Kier molecular flexibility index (Phi) is 4.77. The van der Waals surface area contributed by atoms with E-state index >= 15 is 0 Å². The average molecular weight is 442 g/mol. The zero-order valence-corrected chi connectivity index (χ0v) is 18.9. The molecule has 2 aliphatic rings. The lowest BCUT2D eigenvalue weighted by Gasteiger charge is -2.26. The summed E-state index contributed by atoms with van der Waals surface area (Å²) in [6, 6.07) is 9.31. The first kappa shape index (κ1) is 20.4. The fourth-order valence-corrected chi connectivity index (χ4v) is 6.35. The summed E-state index contributed by atoms with van der Waals surface area (Å²) in [5.74, 6) is 2.76. The van der Waals surface area contributed by atoms with Crippen LogP contribution in [-0.4, -0.2) is 36.8 Å². The van der Waals surface area contributed by atoms with Crippen molar-refractivity contribution in [2.75, 3.05) is 11.5 Å². The van der Waals surface area contributed by atoms with E-state index in [4.69, 9.17) is 8.83 Å². The molecule has 0 radical (unpaired) electrons. The van der Waals surface area contributed by atoms with E-state index in [1.54, 1.807) is 4.90 Å². The molecule has 0 N–H and O–H groups in total. The second kappa shape index (κ2) is 7.26. The van der Waals surface area contributed by atoms with Crippen molar-refractivity contribution in [3.8, 4) is 0 Å². The summed E-state index contributed by atoms with van der Waals surface area (Å²) >= 11 is 0. The first-order chi connectivity index (χ1) is 14.7. The maximum atomic E-state index is 13.6. The Morgan fingerprint density at radius 3 is 2.61 bits per heavy atom. The molecule has 7 heteroatoms. The third-order valence-corrected chi connectivity index (χ3v) is 8.43. The molecule has 6 nitrogen and oxygen atoms in total. The van der Waals surface area contributed by atoms with Crippen LogP contribution < -0.4 is 0 Å². The van der Waals surface area contributed by atoms with E-state index < -0.39 is 9.84 Å². The van der Waals surface area contributed by atoms with E-state index in [1.807, 2.05) is 44.2 Å². The minimum absolute atomic E-state index is 0.0235. The minimum atomic E-state index is -3.15. The molecule has 1 saturated heterocycles. The van der Waals surface area contributed by atoms with Gasteiger partial charge < -0.3 is 13.7 Å². The summed E-state index contributed by atoms with van der Waals surface area (Å²) in [5.41, 5.74) is 2.53. The molecule has 3 atom stereocenters. The first-order valence-electron chi connectivity index (χ1n) is 10.8. The Morgan fingerprint density at radius 1 is 1.16 bits per heavy atom. The lowest BCUT2D eigenvalue weighted by Crippen LogP contribution is -2.40. The molecule has 31 heavy (non-hydrogen) atoms. The molecule has 5 rings (SSSR count). The molecule has 3 heterocycles. The lowest BCUT2D eigenvalue weighted by atomic mass is 10.1. The summed E-state index contributed by atoms with van der Waals surface area (Å²) in [6.07, 6.45) is 1.55. The second-order valence-corrected chi connectivity index (χ2v) is 11.4. The van der Waals surface area contributed by atoms with Gasteiger partial charge in [0.2, 0.25) is 0 Å². The molecule has 1 aliphatic heterocycles. The second-order valence-electron chi connectivity index (χ2n) is 9.17. The van der Waals surface area contributed by atoms with E-state index in [9.17, 15) is 13.2 Å². The maximum absolute atomic E-state index is 13.6. The Morgan fingerprint density at radius 2 is 1.94 bits per heavy atom. The van der Waals surface area contributed by atoms with Gasteiger partial charge in [0.1, 0.15) is 17.1 Å². The van der Waals surface area contributed by atoms with Crippen LogP contribution in [0.3, 0.4) is 0 Å². The largest absolute Gasteiger partial charge is 0.464 e. The van der Waals surface area contributed by atoms with Crippen molar-refractivity contribution < 1.29 is 22.0 Å². The fourth-order valence-electron chi connectivity index (χ4n) is 4.62. The Balaban J connectivity index is 1.48. The van der Waals surface area contributed by atoms with Crippen LogP contribution in [0.1, 0.15) is 58.9 Å². The van der Waals surface area contributed by atoms with E-state index in [1.165, 1.54) is 0 Å². The van der Waals surface area contributed by atoms with Crippen molar-refractivity contribution in [1.82, 2.24) is 4.90 Å². The highest BCUT2D eigenvalue weighted by atomic mass is 32.2. The predicted molar refractivity (Wildman–Crippen MR) is 118 cm³/mol. The van der Waals surface area contributed by atoms with Gasteiger partial charge in [-0.25, -0.2) is 8.42 Å². The Bertz CT molecular complexity index is 1270. The van der Waals surface area contributed by atoms with Crippen LogP contribution in [0.4, 0.5) is 0 Å². The number of sulfone groups is 1. The van der Waals surface area contributed by atoms with Gasteiger partial charge in [-0.15, -0.1) is 0 Å². The molecule has 1 aliphatic carbocycles. The smallest absolute Gasteiger partial charge is 0.290 e. The van der Waals surface area contributed by atoms with Crippen molar-refractivity contribution in [3.63, 3.8) is 0 Å². The topological polar surface area (TPSA) is 80.7 Å². The van der Waals surface area contributed by atoms with E-state index in [0.29, 0.717) is 29.6 Å². The van der Waals surface area contributed by atoms with Gasteiger partial charge in [-0.2, -0.15) is 0 Å². The van der Waals surface area contributed by atoms with Gasteiger partial charge >= 0.3 is 0 Å². The highest BCUT2D eigenvalue weighted by Gasteiger charge is 2.39. The summed E-state index contributed by atoms with van der Waals surface area (Å²) in [5, 5.41) is 0.908. The summed E-state index contributed by atoms with van der Waals surface area (Å²) < 4.78 is 36.3. The molecule has 2 fully saturated rings. The summed E-state index contributed by atoms with van der Waals surface area (Å²) in [7, 11) is -3.15. The molecule has 1 saturated carbocycles. The number of hydrogen-bond acceptors (Lipinski definition) is 5. The number of furan rings is 2. The molecule has 1 amide bonds. The van der Waals surface area contributed by atoms with Gasteiger partial charge in [-0.1, -0.05) is 18.6 Å². The van der Waals surface area contributed by atoms with Crippen molar-refractivity contribution >= 4 is 26.7 Å². The number of rotatable bonds is 5. The number of nitrogens with zero attached hydrogens (tertiary/aromatic N) is 1. The molecule has 164 valence electrons. The zero-order valence-electron chi connectivity index (χ0n) is 18.1. The van der Waals surface area contributed by atoms with Crippen molar-refractivity contribution in [1.29, 1.82) is 0 Å². The Hall–Kier alpha value is -2.54. The number of aryl methyl sites for hydroxylation is 2. The van der Waals surface area contributed by atoms with Crippen LogP contribution in [0.25, 0.3) is 11.0 Å².